The fourth-order valence-corrected chi connectivity index (χ4v) is 1.95. The molecule has 2 heteroatoms. The second kappa shape index (κ2) is 7.55. The average molecular weight is 247 g/mol. The van der Waals surface area contributed by atoms with E-state index in [9.17, 15) is 0 Å². The highest BCUT2D eigenvalue weighted by atomic mass is 16.5. The molecule has 0 radical (unpaired) electrons. The second-order valence-corrected chi connectivity index (χ2v) is 5.20. The molecule has 100 valence electrons. The first-order valence-corrected chi connectivity index (χ1v) is 7.27. The van der Waals surface area contributed by atoms with Crippen molar-refractivity contribution in [3.05, 3.63) is 35.4 Å². The summed E-state index contributed by atoms with van der Waals surface area (Å²) in [6.45, 7) is 4.93. The van der Waals surface area contributed by atoms with Crippen LogP contribution in [0.4, 0.5) is 0 Å². The van der Waals surface area contributed by atoms with Gasteiger partial charge in [-0.25, -0.2) is 0 Å². The molecule has 1 aromatic carbocycles. The van der Waals surface area contributed by atoms with Crippen LogP contribution in [-0.4, -0.2) is 19.2 Å². The molecule has 0 atom stereocenters. The van der Waals surface area contributed by atoms with E-state index in [-0.39, 0.29) is 0 Å². The third kappa shape index (κ3) is 5.19. The van der Waals surface area contributed by atoms with Crippen LogP contribution in [0.3, 0.4) is 0 Å². The van der Waals surface area contributed by atoms with Crippen molar-refractivity contribution in [2.24, 2.45) is 0 Å². The molecule has 0 spiro atoms. The summed E-state index contributed by atoms with van der Waals surface area (Å²) in [5.41, 5.74) is 2.70. The summed E-state index contributed by atoms with van der Waals surface area (Å²) in [6, 6.07) is 9.66. The molecule has 1 aromatic rings. The number of hydrogen-bond donors (Lipinski definition) is 1. The Hall–Kier alpha value is -0.860. The maximum absolute atomic E-state index is 5.61. The van der Waals surface area contributed by atoms with E-state index in [0.29, 0.717) is 0 Å². The summed E-state index contributed by atoms with van der Waals surface area (Å²) in [4.78, 5) is 0. The van der Waals surface area contributed by atoms with Crippen molar-refractivity contribution in [3.63, 3.8) is 0 Å². The van der Waals surface area contributed by atoms with E-state index >= 15 is 0 Å². The Morgan fingerprint density at radius 2 is 1.89 bits per heavy atom. The smallest absolute Gasteiger partial charge is 0.0716 e. The van der Waals surface area contributed by atoms with Gasteiger partial charge in [0.25, 0.3) is 0 Å². The highest BCUT2D eigenvalue weighted by molar-refractivity contribution is 5.22. The van der Waals surface area contributed by atoms with E-state index < -0.39 is 0 Å². The third-order valence-electron chi connectivity index (χ3n) is 3.36. The first kappa shape index (κ1) is 13.6. The predicted molar refractivity (Wildman–Crippen MR) is 75.7 cm³/mol. The molecule has 0 amide bonds. The number of nitrogens with one attached hydrogen (secondary N) is 1. The average Bonchev–Trinajstić information content (AvgIpc) is 3.21. The molecular formula is C16H25NO. The Bertz CT molecular complexity index is 329. The van der Waals surface area contributed by atoms with E-state index in [1.165, 1.54) is 30.4 Å². The molecule has 1 fully saturated rings. The maximum atomic E-state index is 5.61. The molecule has 0 saturated heterocycles. The second-order valence-electron chi connectivity index (χ2n) is 5.20. The van der Waals surface area contributed by atoms with Gasteiger partial charge in [-0.3, -0.25) is 0 Å². The summed E-state index contributed by atoms with van der Waals surface area (Å²) < 4.78 is 5.61. The molecule has 0 heterocycles. The van der Waals surface area contributed by atoms with Gasteiger partial charge in [-0.15, -0.1) is 0 Å². The molecule has 0 aliphatic heterocycles. The minimum Gasteiger partial charge on any atom is -0.377 e. The zero-order valence-corrected chi connectivity index (χ0v) is 11.5. The van der Waals surface area contributed by atoms with Gasteiger partial charge >= 0.3 is 0 Å². The standard InChI is InChI=1S/C16H25NO/c1-2-3-12-18-13-15-6-4-14(5-7-15)10-11-17-16-8-9-16/h4-7,16-17H,2-3,8-13H2,1H3. The Morgan fingerprint density at radius 1 is 1.17 bits per heavy atom. The van der Waals surface area contributed by atoms with Crippen LogP contribution in [0.1, 0.15) is 43.7 Å². The molecular weight excluding hydrogens is 222 g/mol. The quantitative estimate of drug-likeness (QED) is 0.676. The SMILES string of the molecule is CCCCOCc1ccc(CCNC2CC2)cc1. The van der Waals surface area contributed by atoms with Crippen LogP contribution < -0.4 is 5.32 Å². The number of rotatable bonds is 9. The van der Waals surface area contributed by atoms with E-state index in [2.05, 4.69) is 36.5 Å². The number of hydrogen-bond acceptors (Lipinski definition) is 2. The van der Waals surface area contributed by atoms with Crippen molar-refractivity contribution in [3.8, 4) is 0 Å². The lowest BCUT2D eigenvalue weighted by Crippen LogP contribution is -2.19. The Balaban J connectivity index is 1.64. The largest absolute Gasteiger partial charge is 0.377 e. The highest BCUT2D eigenvalue weighted by Gasteiger charge is 2.19. The minimum atomic E-state index is 0.751. The Morgan fingerprint density at radius 3 is 2.56 bits per heavy atom. The van der Waals surface area contributed by atoms with Gasteiger partial charge in [0, 0.05) is 12.6 Å². The van der Waals surface area contributed by atoms with Gasteiger partial charge in [0.15, 0.2) is 0 Å². The van der Waals surface area contributed by atoms with E-state index in [0.717, 1.165) is 38.6 Å². The lowest BCUT2D eigenvalue weighted by atomic mass is 10.1. The normalized spacial score (nSPS) is 14.9. The molecule has 1 N–H and O–H groups in total. The van der Waals surface area contributed by atoms with Gasteiger partial charge in [0.1, 0.15) is 0 Å². The van der Waals surface area contributed by atoms with Crippen LogP contribution in [-0.2, 0) is 17.8 Å². The highest BCUT2D eigenvalue weighted by Crippen LogP contribution is 2.18. The van der Waals surface area contributed by atoms with Crippen molar-refractivity contribution in [2.75, 3.05) is 13.2 Å². The first-order valence-electron chi connectivity index (χ1n) is 7.27. The zero-order chi connectivity index (χ0) is 12.6. The molecule has 0 bridgehead atoms. The van der Waals surface area contributed by atoms with Crippen LogP contribution >= 0.6 is 0 Å². The maximum Gasteiger partial charge on any atom is 0.0716 e. The fraction of sp³-hybridized carbons (Fsp3) is 0.625. The topological polar surface area (TPSA) is 21.3 Å². The van der Waals surface area contributed by atoms with Gasteiger partial charge in [-0.2, -0.15) is 0 Å². The van der Waals surface area contributed by atoms with Gasteiger partial charge in [-0.05, 0) is 43.4 Å². The van der Waals surface area contributed by atoms with Crippen molar-refractivity contribution in [2.45, 2.75) is 51.7 Å². The first-order chi connectivity index (χ1) is 8.88. The zero-order valence-electron chi connectivity index (χ0n) is 11.5. The van der Waals surface area contributed by atoms with E-state index in [1.807, 2.05) is 0 Å². The molecule has 18 heavy (non-hydrogen) atoms. The number of ether oxygens (including phenoxy) is 1. The monoisotopic (exact) mass is 247 g/mol. The molecule has 2 rings (SSSR count). The van der Waals surface area contributed by atoms with Crippen molar-refractivity contribution >= 4 is 0 Å². The van der Waals surface area contributed by atoms with Gasteiger partial charge in [0.05, 0.1) is 6.61 Å². The molecule has 0 aromatic heterocycles. The lowest BCUT2D eigenvalue weighted by Gasteiger charge is -2.06. The van der Waals surface area contributed by atoms with Gasteiger partial charge in [-0.1, -0.05) is 37.6 Å². The number of benzene rings is 1. The molecule has 0 unspecified atom stereocenters. The minimum absolute atomic E-state index is 0.751. The van der Waals surface area contributed by atoms with E-state index in [1.54, 1.807) is 0 Å². The van der Waals surface area contributed by atoms with Crippen LogP contribution in [0.5, 0.6) is 0 Å². The Kier molecular flexibility index (Phi) is 5.69. The molecule has 1 aliphatic rings. The molecule has 1 saturated carbocycles. The van der Waals surface area contributed by atoms with Gasteiger partial charge < -0.3 is 10.1 Å². The van der Waals surface area contributed by atoms with E-state index in [4.69, 9.17) is 4.74 Å². The summed E-state index contributed by atoms with van der Waals surface area (Å²) in [7, 11) is 0. The van der Waals surface area contributed by atoms with Crippen molar-refractivity contribution in [1.29, 1.82) is 0 Å². The summed E-state index contributed by atoms with van der Waals surface area (Å²) in [5, 5.41) is 3.54. The summed E-state index contributed by atoms with van der Waals surface area (Å²) in [6.07, 6.45) is 6.23. The number of unbranched alkanes of at least 4 members (excludes halogenated alkanes) is 1. The van der Waals surface area contributed by atoms with Crippen LogP contribution in [0, 0.1) is 0 Å². The fourth-order valence-electron chi connectivity index (χ4n) is 1.95. The predicted octanol–water partition coefficient (Wildman–Crippen LogP) is 3.30. The van der Waals surface area contributed by atoms with Crippen LogP contribution in [0.2, 0.25) is 0 Å². The molecule has 1 aliphatic carbocycles. The van der Waals surface area contributed by atoms with Crippen LogP contribution in [0.15, 0.2) is 24.3 Å². The van der Waals surface area contributed by atoms with Crippen molar-refractivity contribution in [1.82, 2.24) is 5.32 Å². The third-order valence-corrected chi connectivity index (χ3v) is 3.36. The lowest BCUT2D eigenvalue weighted by molar-refractivity contribution is 0.118. The Labute approximate surface area is 111 Å². The van der Waals surface area contributed by atoms with Crippen molar-refractivity contribution < 1.29 is 4.74 Å². The molecule has 2 nitrogen and oxygen atoms in total. The van der Waals surface area contributed by atoms with Gasteiger partial charge in [0.2, 0.25) is 0 Å². The summed E-state index contributed by atoms with van der Waals surface area (Å²) in [5.74, 6) is 0. The van der Waals surface area contributed by atoms with Crippen LogP contribution in [0.25, 0.3) is 0 Å². The summed E-state index contributed by atoms with van der Waals surface area (Å²) >= 11 is 0.